The molecule has 2 aromatic carbocycles. The highest BCUT2D eigenvalue weighted by molar-refractivity contribution is 6.08. The van der Waals surface area contributed by atoms with Gasteiger partial charge < -0.3 is 10.4 Å². The first-order chi connectivity index (χ1) is 13.4. The van der Waals surface area contributed by atoms with Crippen molar-refractivity contribution in [1.82, 2.24) is 9.38 Å². The summed E-state index contributed by atoms with van der Waals surface area (Å²) in [6.45, 7) is 5.90. The second-order valence-electron chi connectivity index (χ2n) is 7.08. The molecule has 0 unspecified atom stereocenters. The third-order valence-corrected chi connectivity index (χ3v) is 4.71. The summed E-state index contributed by atoms with van der Waals surface area (Å²) in [4.78, 5) is 17.9. The lowest BCUT2D eigenvalue weighted by molar-refractivity contribution is 0.102. The summed E-state index contributed by atoms with van der Waals surface area (Å²) in [5, 5.41) is 13.0. The van der Waals surface area contributed by atoms with Crippen molar-refractivity contribution < 1.29 is 9.90 Å². The van der Waals surface area contributed by atoms with Crippen LogP contribution in [0.1, 0.15) is 27.2 Å². The van der Waals surface area contributed by atoms with Crippen LogP contribution in [0.3, 0.4) is 0 Å². The lowest BCUT2D eigenvalue weighted by Gasteiger charge is -2.10. The van der Waals surface area contributed by atoms with Gasteiger partial charge in [0.25, 0.3) is 5.91 Å². The summed E-state index contributed by atoms with van der Waals surface area (Å²) in [5.41, 5.74) is 6.08. The maximum atomic E-state index is 13.2. The van der Waals surface area contributed by atoms with Crippen LogP contribution in [0.4, 0.5) is 5.69 Å². The van der Waals surface area contributed by atoms with Gasteiger partial charge >= 0.3 is 0 Å². The number of carbonyl (C=O) groups is 1. The normalized spacial score (nSPS) is 11.0. The van der Waals surface area contributed by atoms with Crippen LogP contribution >= 0.6 is 0 Å². The van der Waals surface area contributed by atoms with Gasteiger partial charge in [0, 0.05) is 11.8 Å². The Hall–Kier alpha value is -3.60. The molecule has 0 spiro atoms. The second kappa shape index (κ2) is 6.85. The minimum absolute atomic E-state index is 0.0286. The molecular weight excluding hydrogens is 350 g/mol. The number of aromatic hydroxyl groups is 1. The fraction of sp³-hybridized carbons (Fsp3) is 0.130. The van der Waals surface area contributed by atoms with Crippen molar-refractivity contribution in [2.45, 2.75) is 20.8 Å². The maximum absolute atomic E-state index is 13.2. The number of benzene rings is 2. The lowest BCUT2D eigenvalue weighted by Crippen LogP contribution is -2.15. The fourth-order valence-corrected chi connectivity index (χ4v) is 3.21. The molecule has 0 aliphatic rings. The Bertz CT molecular complexity index is 1190. The van der Waals surface area contributed by atoms with Gasteiger partial charge in [0.1, 0.15) is 22.8 Å². The van der Waals surface area contributed by atoms with E-state index < -0.39 is 0 Å². The van der Waals surface area contributed by atoms with E-state index in [1.165, 1.54) is 0 Å². The first kappa shape index (κ1) is 17.8. The fourth-order valence-electron chi connectivity index (χ4n) is 3.21. The van der Waals surface area contributed by atoms with Gasteiger partial charge in [-0.2, -0.15) is 0 Å². The van der Waals surface area contributed by atoms with Crippen molar-refractivity contribution in [1.29, 1.82) is 0 Å². The molecule has 1 amide bonds. The zero-order valence-electron chi connectivity index (χ0n) is 16.0. The average molecular weight is 371 g/mol. The van der Waals surface area contributed by atoms with Crippen molar-refractivity contribution in [3.8, 4) is 17.0 Å². The maximum Gasteiger partial charge on any atom is 0.275 e. The topological polar surface area (TPSA) is 66.6 Å². The molecule has 5 heteroatoms. The van der Waals surface area contributed by atoms with E-state index in [-0.39, 0.29) is 11.7 Å². The molecule has 0 fully saturated rings. The third-order valence-electron chi connectivity index (χ3n) is 4.71. The minimum Gasteiger partial charge on any atom is -0.506 e. The van der Waals surface area contributed by atoms with Crippen LogP contribution in [0.25, 0.3) is 16.9 Å². The summed E-state index contributed by atoms with van der Waals surface area (Å²) in [6, 6.07) is 16.9. The number of anilines is 1. The number of hydrogen-bond donors (Lipinski definition) is 2. The number of hydrogen-bond acceptors (Lipinski definition) is 3. The smallest absolute Gasteiger partial charge is 0.275 e. The molecule has 0 atom stereocenters. The standard InChI is InChI=1S/C23H21N3O2/c1-14-4-8-17(9-5-14)21-22(26-13-16(3)7-11-20(26)25-21)23(28)24-18-12-15(2)6-10-19(18)27/h4-13,27H,1-3H3,(H,24,28). The average Bonchev–Trinajstić information content (AvgIpc) is 3.04. The Kier molecular flexibility index (Phi) is 4.35. The number of pyridine rings is 1. The van der Waals surface area contributed by atoms with E-state index in [9.17, 15) is 9.90 Å². The van der Waals surface area contributed by atoms with Crippen molar-refractivity contribution in [3.63, 3.8) is 0 Å². The van der Waals surface area contributed by atoms with Crippen molar-refractivity contribution in [2.24, 2.45) is 0 Å². The number of phenolic OH excluding ortho intramolecular Hbond substituents is 1. The molecule has 4 rings (SSSR count). The van der Waals surface area contributed by atoms with Gasteiger partial charge in [-0.05, 0) is 50.1 Å². The first-order valence-corrected chi connectivity index (χ1v) is 9.09. The predicted octanol–water partition coefficient (Wildman–Crippen LogP) is 4.88. The third kappa shape index (κ3) is 3.22. The SMILES string of the molecule is Cc1ccc(-c2nc3ccc(C)cn3c2C(=O)Nc2cc(C)ccc2O)cc1. The molecule has 0 saturated heterocycles. The molecule has 2 aromatic heterocycles. The molecule has 4 aromatic rings. The monoisotopic (exact) mass is 371 g/mol. The molecule has 5 nitrogen and oxygen atoms in total. The largest absolute Gasteiger partial charge is 0.506 e. The van der Waals surface area contributed by atoms with E-state index in [1.807, 2.05) is 63.4 Å². The van der Waals surface area contributed by atoms with Crippen molar-refractivity contribution >= 4 is 17.2 Å². The van der Waals surface area contributed by atoms with E-state index in [2.05, 4.69) is 5.32 Å². The van der Waals surface area contributed by atoms with E-state index in [4.69, 9.17) is 4.98 Å². The predicted molar refractivity (Wildman–Crippen MR) is 111 cm³/mol. The van der Waals surface area contributed by atoms with Crippen LogP contribution in [-0.4, -0.2) is 20.4 Å². The molecule has 0 radical (unpaired) electrons. The van der Waals surface area contributed by atoms with E-state index >= 15 is 0 Å². The summed E-state index contributed by atoms with van der Waals surface area (Å²) < 4.78 is 1.80. The van der Waals surface area contributed by atoms with Crippen LogP contribution in [0.15, 0.2) is 60.8 Å². The molecule has 2 N–H and O–H groups in total. The van der Waals surface area contributed by atoms with Gasteiger partial charge in [0.05, 0.1) is 5.69 Å². The number of nitrogens with one attached hydrogen (secondary N) is 1. The summed E-state index contributed by atoms with van der Waals surface area (Å²) >= 11 is 0. The molecule has 28 heavy (non-hydrogen) atoms. The molecule has 2 heterocycles. The highest BCUT2D eigenvalue weighted by atomic mass is 16.3. The Morgan fingerprint density at radius 2 is 1.61 bits per heavy atom. The van der Waals surface area contributed by atoms with Crippen molar-refractivity contribution in [3.05, 3.63) is 83.2 Å². The number of rotatable bonds is 3. The summed E-state index contributed by atoms with van der Waals surface area (Å²) in [6.07, 6.45) is 1.89. The number of phenols is 1. The van der Waals surface area contributed by atoms with Crippen LogP contribution in [0.2, 0.25) is 0 Å². The van der Waals surface area contributed by atoms with Gasteiger partial charge in [0.15, 0.2) is 0 Å². The number of amides is 1. The van der Waals surface area contributed by atoms with Gasteiger partial charge in [-0.25, -0.2) is 4.98 Å². The molecule has 140 valence electrons. The van der Waals surface area contributed by atoms with E-state index in [1.54, 1.807) is 22.6 Å². The zero-order chi connectivity index (χ0) is 19.8. The van der Waals surface area contributed by atoms with Crippen LogP contribution in [-0.2, 0) is 0 Å². The molecule has 0 aliphatic carbocycles. The first-order valence-electron chi connectivity index (χ1n) is 9.09. The van der Waals surface area contributed by atoms with Gasteiger partial charge in [-0.1, -0.05) is 42.0 Å². The highest BCUT2D eigenvalue weighted by Gasteiger charge is 2.21. The van der Waals surface area contributed by atoms with Crippen LogP contribution in [0.5, 0.6) is 5.75 Å². The minimum atomic E-state index is -0.324. The van der Waals surface area contributed by atoms with Gasteiger partial charge in [-0.15, -0.1) is 0 Å². The Morgan fingerprint density at radius 1 is 0.929 bits per heavy atom. The van der Waals surface area contributed by atoms with Crippen molar-refractivity contribution in [2.75, 3.05) is 5.32 Å². The quantitative estimate of drug-likeness (QED) is 0.504. The van der Waals surface area contributed by atoms with Crippen LogP contribution in [0, 0.1) is 20.8 Å². The Balaban J connectivity index is 1.87. The number of fused-ring (bicyclic) bond motifs is 1. The number of carbonyl (C=O) groups excluding carboxylic acids is 1. The molecule has 0 saturated carbocycles. The summed E-state index contributed by atoms with van der Waals surface area (Å²) in [7, 11) is 0. The number of aromatic nitrogens is 2. The van der Waals surface area contributed by atoms with E-state index in [0.29, 0.717) is 22.7 Å². The Labute approximate surface area is 163 Å². The lowest BCUT2D eigenvalue weighted by atomic mass is 10.1. The van der Waals surface area contributed by atoms with Crippen LogP contribution < -0.4 is 5.32 Å². The zero-order valence-corrected chi connectivity index (χ0v) is 16.0. The number of nitrogens with zero attached hydrogens (tertiary/aromatic N) is 2. The molecule has 0 bridgehead atoms. The van der Waals surface area contributed by atoms with Gasteiger partial charge in [0.2, 0.25) is 0 Å². The Morgan fingerprint density at radius 3 is 2.36 bits per heavy atom. The molecular formula is C23H21N3O2. The highest BCUT2D eigenvalue weighted by Crippen LogP contribution is 2.29. The van der Waals surface area contributed by atoms with E-state index in [0.717, 1.165) is 22.3 Å². The molecule has 0 aliphatic heterocycles. The van der Waals surface area contributed by atoms with Gasteiger partial charge in [-0.3, -0.25) is 9.20 Å². The second-order valence-corrected chi connectivity index (χ2v) is 7.08. The number of imidazole rings is 1. The number of aryl methyl sites for hydroxylation is 3. The summed E-state index contributed by atoms with van der Waals surface area (Å²) in [5.74, 6) is -0.296.